The van der Waals surface area contributed by atoms with E-state index in [1.165, 1.54) is 7.11 Å². The van der Waals surface area contributed by atoms with Crippen LogP contribution in [-0.2, 0) is 19.1 Å². The van der Waals surface area contributed by atoms with Gasteiger partial charge in [0.1, 0.15) is 5.60 Å². The van der Waals surface area contributed by atoms with Gasteiger partial charge in [0.05, 0.1) is 19.4 Å². The molecule has 0 bridgehead atoms. The molecule has 1 aliphatic rings. The van der Waals surface area contributed by atoms with E-state index in [-0.39, 0.29) is 38.0 Å². The molecule has 6 heteroatoms. The first-order chi connectivity index (χ1) is 9.54. The van der Waals surface area contributed by atoms with Crippen molar-refractivity contribution in [3.8, 4) is 0 Å². The van der Waals surface area contributed by atoms with Gasteiger partial charge >= 0.3 is 11.9 Å². The Hall–Kier alpha value is -1.20. The van der Waals surface area contributed by atoms with Crippen molar-refractivity contribution >= 4 is 11.9 Å². The van der Waals surface area contributed by atoms with Crippen LogP contribution in [0, 0.1) is 11.8 Å². The highest BCUT2D eigenvalue weighted by atomic mass is 19.3. The Bertz CT molecular complexity index is 378. The van der Waals surface area contributed by atoms with Crippen molar-refractivity contribution in [1.82, 2.24) is 0 Å². The lowest BCUT2D eigenvalue weighted by atomic mass is 9.77. The minimum absolute atomic E-state index is 0.125. The van der Waals surface area contributed by atoms with E-state index < -0.39 is 29.4 Å². The third-order valence-corrected chi connectivity index (χ3v) is 3.64. The quantitative estimate of drug-likeness (QED) is 0.748. The van der Waals surface area contributed by atoms with Crippen LogP contribution in [0.5, 0.6) is 0 Å². The zero-order valence-electron chi connectivity index (χ0n) is 13.1. The highest BCUT2D eigenvalue weighted by molar-refractivity contribution is 5.80. The lowest BCUT2D eigenvalue weighted by Crippen LogP contribution is -2.35. The van der Waals surface area contributed by atoms with Crippen molar-refractivity contribution in [2.24, 2.45) is 11.8 Å². The van der Waals surface area contributed by atoms with Crippen LogP contribution in [0.4, 0.5) is 8.78 Å². The molecule has 0 spiro atoms. The Morgan fingerprint density at radius 2 is 1.76 bits per heavy atom. The van der Waals surface area contributed by atoms with Gasteiger partial charge in [0.2, 0.25) is 5.92 Å². The van der Waals surface area contributed by atoms with Gasteiger partial charge in [-0.3, -0.25) is 9.59 Å². The summed E-state index contributed by atoms with van der Waals surface area (Å²) in [5, 5.41) is 0. The summed E-state index contributed by atoms with van der Waals surface area (Å²) >= 11 is 0. The molecule has 0 amide bonds. The fourth-order valence-electron chi connectivity index (χ4n) is 2.62. The summed E-state index contributed by atoms with van der Waals surface area (Å²) in [6, 6.07) is 0. The molecule has 0 saturated heterocycles. The summed E-state index contributed by atoms with van der Waals surface area (Å²) in [5.41, 5.74) is -0.642. The van der Waals surface area contributed by atoms with E-state index in [9.17, 15) is 18.4 Å². The van der Waals surface area contributed by atoms with Crippen LogP contribution in [-0.4, -0.2) is 30.6 Å². The highest BCUT2D eigenvalue weighted by Crippen LogP contribution is 2.40. The van der Waals surface area contributed by atoms with Crippen LogP contribution in [0.15, 0.2) is 0 Å². The van der Waals surface area contributed by atoms with Gasteiger partial charge in [-0.2, -0.15) is 0 Å². The molecular formula is C15H24F2O4. The van der Waals surface area contributed by atoms with Gasteiger partial charge < -0.3 is 9.47 Å². The number of ether oxygens (including phenoxy) is 2. The average Bonchev–Trinajstić information content (AvgIpc) is 2.33. The Kier molecular flexibility index (Phi) is 5.70. The molecule has 4 nitrogen and oxygen atoms in total. The molecule has 122 valence electrons. The number of hydrogen-bond acceptors (Lipinski definition) is 4. The van der Waals surface area contributed by atoms with Gasteiger partial charge in [0, 0.05) is 12.8 Å². The number of methoxy groups -OCH3 is 1. The molecule has 1 saturated carbocycles. The van der Waals surface area contributed by atoms with Crippen molar-refractivity contribution in [3.63, 3.8) is 0 Å². The number of hydrogen-bond donors (Lipinski definition) is 0. The summed E-state index contributed by atoms with van der Waals surface area (Å²) in [7, 11) is 1.24. The molecule has 1 aliphatic carbocycles. The Morgan fingerprint density at radius 3 is 2.19 bits per heavy atom. The minimum atomic E-state index is -2.66. The number of halogens is 2. The van der Waals surface area contributed by atoms with Gasteiger partial charge in [-0.05, 0) is 39.5 Å². The first kappa shape index (κ1) is 17.9. The number of rotatable bonds is 4. The van der Waals surface area contributed by atoms with Crippen LogP contribution in [0.1, 0.15) is 52.9 Å². The second-order valence-corrected chi connectivity index (χ2v) is 6.61. The zero-order chi connectivity index (χ0) is 16.3. The molecular weight excluding hydrogens is 282 g/mol. The maximum absolute atomic E-state index is 13.2. The van der Waals surface area contributed by atoms with E-state index >= 15 is 0 Å². The van der Waals surface area contributed by atoms with Crippen molar-refractivity contribution in [2.75, 3.05) is 7.11 Å². The van der Waals surface area contributed by atoms with Crippen LogP contribution < -0.4 is 0 Å². The third kappa shape index (κ3) is 5.98. The highest BCUT2D eigenvalue weighted by Gasteiger charge is 2.41. The maximum atomic E-state index is 13.2. The standard InChI is InChI=1S/C15H24F2O4/c1-14(2,3)21-12(18)9-11(13(19)20-4)10-5-7-15(16,17)8-6-10/h10-11H,5-9H2,1-4H3/t11-/m0/s1. The van der Waals surface area contributed by atoms with E-state index in [1.807, 2.05) is 0 Å². The van der Waals surface area contributed by atoms with Gasteiger partial charge in [0.15, 0.2) is 0 Å². The number of carbonyl (C=O) groups excluding carboxylic acids is 2. The van der Waals surface area contributed by atoms with Crippen molar-refractivity contribution in [2.45, 2.75) is 64.4 Å². The molecule has 0 aliphatic heterocycles. The largest absolute Gasteiger partial charge is 0.469 e. The summed E-state index contributed by atoms with van der Waals surface area (Å²) in [6.45, 7) is 5.21. The van der Waals surface area contributed by atoms with E-state index in [1.54, 1.807) is 20.8 Å². The Labute approximate surface area is 124 Å². The van der Waals surface area contributed by atoms with Gasteiger partial charge in [-0.1, -0.05) is 0 Å². The molecule has 1 fully saturated rings. The summed E-state index contributed by atoms with van der Waals surface area (Å²) < 4.78 is 36.3. The summed E-state index contributed by atoms with van der Waals surface area (Å²) in [4.78, 5) is 23.7. The van der Waals surface area contributed by atoms with E-state index in [4.69, 9.17) is 9.47 Å². The summed E-state index contributed by atoms with van der Waals surface area (Å²) in [5.74, 6) is -4.67. The fraction of sp³-hybridized carbons (Fsp3) is 0.867. The molecule has 0 aromatic heterocycles. The second kappa shape index (κ2) is 6.71. The van der Waals surface area contributed by atoms with Gasteiger partial charge in [-0.25, -0.2) is 8.78 Å². The topological polar surface area (TPSA) is 52.6 Å². The van der Waals surface area contributed by atoms with E-state index in [2.05, 4.69) is 0 Å². The second-order valence-electron chi connectivity index (χ2n) is 6.61. The molecule has 1 rings (SSSR count). The van der Waals surface area contributed by atoms with Crippen LogP contribution in [0.3, 0.4) is 0 Å². The lowest BCUT2D eigenvalue weighted by Gasteiger charge is -2.32. The number of esters is 2. The molecule has 0 unspecified atom stereocenters. The van der Waals surface area contributed by atoms with Crippen LogP contribution in [0.25, 0.3) is 0 Å². The molecule has 0 heterocycles. The Morgan fingerprint density at radius 1 is 1.24 bits per heavy atom. The smallest absolute Gasteiger partial charge is 0.309 e. The normalized spacial score (nSPS) is 20.7. The molecule has 21 heavy (non-hydrogen) atoms. The predicted octanol–water partition coefficient (Wildman–Crippen LogP) is 3.33. The molecule has 0 aromatic rings. The van der Waals surface area contributed by atoms with Crippen molar-refractivity contribution in [1.29, 1.82) is 0 Å². The average molecular weight is 306 g/mol. The van der Waals surface area contributed by atoms with E-state index in [0.29, 0.717) is 0 Å². The zero-order valence-corrected chi connectivity index (χ0v) is 13.1. The van der Waals surface area contributed by atoms with Crippen LogP contribution >= 0.6 is 0 Å². The Balaban J connectivity index is 2.69. The van der Waals surface area contributed by atoms with Gasteiger partial charge in [-0.15, -0.1) is 0 Å². The third-order valence-electron chi connectivity index (χ3n) is 3.64. The molecule has 0 radical (unpaired) electrons. The minimum Gasteiger partial charge on any atom is -0.469 e. The molecule has 0 N–H and O–H groups in total. The van der Waals surface area contributed by atoms with E-state index in [0.717, 1.165) is 0 Å². The summed E-state index contributed by atoms with van der Waals surface area (Å²) in [6.07, 6.45) is -0.190. The van der Waals surface area contributed by atoms with Crippen molar-refractivity contribution in [3.05, 3.63) is 0 Å². The number of alkyl halides is 2. The SMILES string of the molecule is COC(=O)[C@@H](CC(=O)OC(C)(C)C)C1CCC(F)(F)CC1. The molecule has 0 aromatic carbocycles. The fourth-order valence-corrected chi connectivity index (χ4v) is 2.62. The van der Waals surface area contributed by atoms with Gasteiger partial charge in [0.25, 0.3) is 0 Å². The first-order valence-corrected chi connectivity index (χ1v) is 7.21. The predicted molar refractivity (Wildman–Crippen MR) is 72.9 cm³/mol. The van der Waals surface area contributed by atoms with Crippen LogP contribution in [0.2, 0.25) is 0 Å². The maximum Gasteiger partial charge on any atom is 0.309 e. The number of carbonyl (C=O) groups is 2. The first-order valence-electron chi connectivity index (χ1n) is 7.21. The monoisotopic (exact) mass is 306 g/mol. The molecule has 1 atom stereocenters. The lowest BCUT2D eigenvalue weighted by molar-refractivity contribution is -0.163. The van der Waals surface area contributed by atoms with Crippen molar-refractivity contribution < 1.29 is 27.8 Å².